The van der Waals surface area contributed by atoms with Crippen LogP contribution >= 0.6 is 11.6 Å². The lowest BCUT2D eigenvalue weighted by atomic mass is 9.91. The summed E-state index contributed by atoms with van der Waals surface area (Å²) in [4.78, 5) is 4.88. The number of fused-ring (bicyclic) bond motifs is 1. The SMILES string of the molecule is C=C(Nc1nc(-c2ccccc2Cl)cc2c1CCCC2)c1cc(F)ccc1C.CCCCC. The van der Waals surface area contributed by atoms with Crippen molar-refractivity contribution in [1.29, 1.82) is 0 Å². The average molecular weight is 465 g/mol. The molecule has 1 aliphatic carbocycles. The molecule has 4 heteroatoms. The Morgan fingerprint density at radius 2 is 1.79 bits per heavy atom. The quantitative estimate of drug-likeness (QED) is 0.393. The van der Waals surface area contributed by atoms with Gasteiger partial charge < -0.3 is 5.32 Å². The third-order valence-electron chi connectivity index (χ3n) is 5.99. The fourth-order valence-corrected chi connectivity index (χ4v) is 4.37. The first-order valence-corrected chi connectivity index (χ1v) is 12.3. The van der Waals surface area contributed by atoms with Crippen LogP contribution in [-0.4, -0.2) is 4.98 Å². The Morgan fingerprint density at radius 3 is 2.48 bits per heavy atom. The van der Waals surface area contributed by atoms with E-state index in [0.29, 0.717) is 10.7 Å². The molecule has 0 aliphatic heterocycles. The molecule has 1 aromatic heterocycles. The maximum absolute atomic E-state index is 13.8. The summed E-state index contributed by atoms with van der Waals surface area (Å²) in [6.07, 6.45) is 8.38. The van der Waals surface area contributed by atoms with Gasteiger partial charge in [-0.1, -0.05) is 75.6 Å². The second kappa shape index (κ2) is 12.0. The lowest BCUT2D eigenvalue weighted by Crippen LogP contribution is -2.11. The molecule has 0 saturated heterocycles. The number of rotatable bonds is 6. The molecule has 0 radical (unpaired) electrons. The molecule has 0 amide bonds. The summed E-state index contributed by atoms with van der Waals surface area (Å²) in [5.74, 6) is 0.518. The molecule has 0 unspecified atom stereocenters. The van der Waals surface area contributed by atoms with E-state index < -0.39 is 0 Å². The molecule has 4 rings (SSSR count). The second-order valence-electron chi connectivity index (χ2n) is 8.60. The lowest BCUT2D eigenvalue weighted by molar-refractivity contribution is 0.627. The molecule has 1 N–H and O–H groups in total. The number of nitrogens with one attached hydrogen (secondary N) is 1. The van der Waals surface area contributed by atoms with Gasteiger partial charge in [-0.3, -0.25) is 0 Å². The zero-order valence-corrected chi connectivity index (χ0v) is 20.7. The molecule has 1 heterocycles. The van der Waals surface area contributed by atoms with Crippen molar-refractivity contribution in [3.63, 3.8) is 0 Å². The van der Waals surface area contributed by atoms with E-state index in [1.165, 1.54) is 48.9 Å². The maximum Gasteiger partial charge on any atom is 0.134 e. The van der Waals surface area contributed by atoms with Gasteiger partial charge in [0.2, 0.25) is 0 Å². The Kier molecular flexibility index (Phi) is 9.08. The fourth-order valence-electron chi connectivity index (χ4n) is 4.14. The van der Waals surface area contributed by atoms with Gasteiger partial charge in [0.15, 0.2) is 0 Å². The van der Waals surface area contributed by atoms with Gasteiger partial charge in [-0.15, -0.1) is 0 Å². The van der Waals surface area contributed by atoms with Crippen LogP contribution in [0.25, 0.3) is 17.0 Å². The molecule has 0 fully saturated rings. The van der Waals surface area contributed by atoms with Crippen molar-refractivity contribution in [2.45, 2.75) is 65.7 Å². The topological polar surface area (TPSA) is 24.9 Å². The van der Waals surface area contributed by atoms with Gasteiger partial charge in [0.05, 0.1) is 5.69 Å². The number of halogens is 2. The van der Waals surface area contributed by atoms with Crippen LogP contribution < -0.4 is 5.32 Å². The zero-order chi connectivity index (χ0) is 23.8. The van der Waals surface area contributed by atoms with Crippen molar-refractivity contribution in [2.24, 2.45) is 0 Å². The van der Waals surface area contributed by atoms with Gasteiger partial charge in [-0.25, -0.2) is 9.37 Å². The van der Waals surface area contributed by atoms with E-state index in [1.807, 2.05) is 31.2 Å². The number of aryl methyl sites for hydroxylation is 2. The van der Waals surface area contributed by atoms with Crippen LogP contribution in [0.4, 0.5) is 10.2 Å². The Hall–Kier alpha value is -2.65. The third-order valence-corrected chi connectivity index (χ3v) is 6.32. The summed E-state index contributed by atoms with van der Waals surface area (Å²) >= 11 is 6.41. The van der Waals surface area contributed by atoms with Gasteiger partial charge >= 0.3 is 0 Å². The van der Waals surface area contributed by atoms with E-state index in [9.17, 15) is 4.39 Å². The highest BCUT2D eigenvalue weighted by molar-refractivity contribution is 6.33. The van der Waals surface area contributed by atoms with Crippen molar-refractivity contribution < 1.29 is 4.39 Å². The smallest absolute Gasteiger partial charge is 0.134 e. The predicted octanol–water partition coefficient (Wildman–Crippen LogP) is 9.01. The number of benzene rings is 2. The van der Waals surface area contributed by atoms with Gasteiger partial charge in [0.1, 0.15) is 11.6 Å². The molecule has 1 aliphatic rings. The average Bonchev–Trinajstić information content (AvgIpc) is 2.82. The summed E-state index contributed by atoms with van der Waals surface area (Å²) in [6.45, 7) is 10.5. The largest absolute Gasteiger partial charge is 0.340 e. The molecule has 2 nitrogen and oxygen atoms in total. The van der Waals surface area contributed by atoms with Crippen molar-refractivity contribution in [2.75, 3.05) is 5.32 Å². The molecule has 33 heavy (non-hydrogen) atoms. The van der Waals surface area contributed by atoms with Crippen molar-refractivity contribution in [3.8, 4) is 11.3 Å². The summed E-state index contributed by atoms with van der Waals surface area (Å²) in [5.41, 5.74) is 6.64. The number of aromatic nitrogens is 1. The first-order chi connectivity index (χ1) is 15.9. The highest BCUT2D eigenvalue weighted by atomic mass is 35.5. The first-order valence-electron chi connectivity index (χ1n) is 11.9. The van der Waals surface area contributed by atoms with Gasteiger partial charge in [0.25, 0.3) is 0 Å². The summed E-state index contributed by atoms with van der Waals surface area (Å²) in [5, 5.41) is 4.05. The van der Waals surface area contributed by atoms with Crippen molar-refractivity contribution in [3.05, 3.63) is 88.2 Å². The second-order valence-corrected chi connectivity index (χ2v) is 9.00. The van der Waals surface area contributed by atoms with E-state index in [4.69, 9.17) is 16.6 Å². The van der Waals surface area contributed by atoms with Crippen LogP contribution in [0, 0.1) is 12.7 Å². The van der Waals surface area contributed by atoms with Crippen LogP contribution in [0.15, 0.2) is 55.1 Å². The third kappa shape index (κ3) is 6.45. The van der Waals surface area contributed by atoms with E-state index in [2.05, 4.69) is 31.8 Å². The normalized spacial score (nSPS) is 12.4. The number of anilines is 1. The predicted molar refractivity (Wildman–Crippen MR) is 140 cm³/mol. The molecule has 0 bridgehead atoms. The lowest BCUT2D eigenvalue weighted by Gasteiger charge is -2.22. The molecule has 0 spiro atoms. The van der Waals surface area contributed by atoms with E-state index >= 15 is 0 Å². The summed E-state index contributed by atoms with van der Waals surface area (Å²) in [7, 11) is 0. The minimum Gasteiger partial charge on any atom is -0.340 e. The summed E-state index contributed by atoms with van der Waals surface area (Å²) in [6, 6.07) is 14.6. The number of hydrogen-bond acceptors (Lipinski definition) is 2. The molecule has 3 aromatic rings. The fraction of sp³-hybridized carbons (Fsp3) is 0.345. The molecule has 2 aromatic carbocycles. The molecule has 0 saturated carbocycles. The van der Waals surface area contributed by atoms with E-state index in [-0.39, 0.29) is 5.82 Å². The number of pyridine rings is 1. The van der Waals surface area contributed by atoms with E-state index in [1.54, 1.807) is 6.07 Å². The molecular formula is C29H34ClFN2. The van der Waals surface area contributed by atoms with Gasteiger partial charge in [-0.2, -0.15) is 0 Å². The van der Waals surface area contributed by atoms with Gasteiger partial charge in [0, 0.05) is 21.8 Å². The van der Waals surface area contributed by atoms with Crippen molar-refractivity contribution >= 4 is 23.1 Å². The minimum absolute atomic E-state index is 0.275. The Bertz CT molecular complexity index is 1100. The van der Waals surface area contributed by atoms with Crippen LogP contribution in [-0.2, 0) is 12.8 Å². The zero-order valence-electron chi connectivity index (χ0n) is 20.0. The summed E-state index contributed by atoms with van der Waals surface area (Å²) < 4.78 is 13.8. The highest BCUT2D eigenvalue weighted by Gasteiger charge is 2.19. The minimum atomic E-state index is -0.275. The highest BCUT2D eigenvalue weighted by Crippen LogP contribution is 2.35. The van der Waals surface area contributed by atoms with Crippen molar-refractivity contribution in [1.82, 2.24) is 4.98 Å². The Labute approximate surface area is 202 Å². The Balaban J connectivity index is 0.000000555. The molecular weight excluding hydrogens is 431 g/mol. The van der Waals surface area contributed by atoms with Gasteiger partial charge in [-0.05, 0) is 73.6 Å². The number of nitrogens with zero attached hydrogens (tertiary/aromatic N) is 1. The number of unbranched alkanes of at least 4 members (excludes halogenated alkanes) is 2. The Morgan fingerprint density at radius 1 is 1.06 bits per heavy atom. The molecule has 0 atom stereocenters. The van der Waals surface area contributed by atoms with Crippen LogP contribution in [0.1, 0.15) is 68.2 Å². The maximum atomic E-state index is 13.8. The standard InChI is InChI=1S/C24H22ClFN2.C5H12/c1-15-11-12-18(26)14-21(15)16(2)27-24-19-8-4-3-7-17(19)13-23(28-24)20-9-5-6-10-22(20)25;1-3-5-4-2/h5-6,9-14H,2-4,7-8H2,1H3,(H,27,28);3-5H2,1-2H3. The first kappa shape index (κ1) is 25.0. The van der Waals surface area contributed by atoms with Crippen LogP contribution in [0.2, 0.25) is 5.02 Å². The van der Waals surface area contributed by atoms with Crippen LogP contribution in [0.5, 0.6) is 0 Å². The monoisotopic (exact) mass is 464 g/mol. The van der Waals surface area contributed by atoms with E-state index in [0.717, 1.165) is 47.5 Å². The molecule has 174 valence electrons. The van der Waals surface area contributed by atoms with Crippen LogP contribution in [0.3, 0.4) is 0 Å². The number of hydrogen-bond donors (Lipinski definition) is 1.